The van der Waals surface area contributed by atoms with Crippen LogP contribution < -0.4 is 5.32 Å². The molecule has 0 bridgehead atoms. The van der Waals surface area contributed by atoms with Gasteiger partial charge in [-0.15, -0.1) is 0 Å². The first-order valence-electron chi connectivity index (χ1n) is 11.0. The summed E-state index contributed by atoms with van der Waals surface area (Å²) in [4.78, 5) is 28.9. The van der Waals surface area contributed by atoms with Crippen molar-refractivity contribution in [3.05, 3.63) is 89.5 Å². The summed E-state index contributed by atoms with van der Waals surface area (Å²) in [7, 11) is 0. The zero-order valence-electron chi connectivity index (χ0n) is 18.7. The van der Waals surface area contributed by atoms with Crippen molar-refractivity contribution >= 4 is 28.3 Å². The summed E-state index contributed by atoms with van der Waals surface area (Å²) in [6, 6.07) is 19.3. The fraction of sp³-hybridized carbons (Fsp3) is 0.231. The molecule has 4 aromatic rings. The van der Waals surface area contributed by atoms with Crippen molar-refractivity contribution < 1.29 is 9.53 Å². The molecule has 7 nitrogen and oxygen atoms in total. The Labute approximate surface area is 192 Å². The molecule has 1 amide bonds. The molecule has 1 N–H and O–H groups in total. The van der Waals surface area contributed by atoms with Gasteiger partial charge in [-0.25, -0.2) is 4.98 Å². The molecule has 1 saturated heterocycles. The summed E-state index contributed by atoms with van der Waals surface area (Å²) in [5, 5.41) is 4.30. The quantitative estimate of drug-likeness (QED) is 0.501. The second-order valence-corrected chi connectivity index (χ2v) is 8.20. The molecule has 7 heteroatoms. The third-order valence-electron chi connectivity index (χ3n) is 5.68. The lowest BCUT2D eigenvalue weighted by atomic mass is 10.1. The molecule has 0 radical (unpaired) electrons. The first kappa shape index (κ1) is 21.0. The maximum atomic E-state index is 13.4. The number of fused-ring (bicyclic) bond motifs is 1. The largest absolute Gasteiger partial charge is 0.368 e. The normalized spacial score (nSPS) is 16.1. The molecule has 1 fully saturated rings. The highest BCUT2D eigenvalue weighted by molar-refractivity contribution is 6.05. The molecule has 1 aliphatic rings. The van der Waals surface area contributed by atoms with E-state index in [1.165, 1.54) is 0 Å². The van der Waals surface area contributed by atoms with Gasteiger partial charge < -0.3 is 15.0 Å². The van der Waals surface area contributed by atoms with Gasteiger partial charge in [-0.3, -0.25) is 14.8 Å². The highest BCUT2D eigenvalue weighted by Crippen LogP contribution is 2.27. The van der Waals surface area contributed by atoms with Gasteiger partial charge in [0.2, 0.25) is 0 Å². The van der Waals surface area contributed by atoms with E-state index < -0.39 is 0 Å². The number of nitrogens with zero attached hydrogens (tertiary/aromatic N) is 4. The topological polar surface area (TPSA) is 80.2 Å². The van der Waals surface area contributed by atoms with Crippen LogP contribution in [0, 0.1) is 13.8 Å². The van der Waals surface area contributed by atoms with Crippen LogP contribution >= 0.6 is 0 Å². The zero-order valence-corrected chi connectivity index (χ0v) is 18.7. The SMILES string of the molecule is Cc1cccc(Nc2cc(C)nc(C3CN(C(=O)c4cccc5cccnc45)CCO3)c2)n1. The lowest BCUT2D eigenvalue weighted by Gasteiger charge is -2.33. The minimum atomic E-state index is -0.309. The van der Waals surface area contributed by atoms with Gasteiger partial charge in [0.25, 0.3) is 5.91 Å². The lowest BCUT2D eigenvalue weighted by Crippen LogP contribution is -2.42. The minimum Gasteiger partial charge on any atom is -0.368 e. The molecular weight excluding hydrogens is 414 g/mol. The van der Waals surface area contributed by atoms with Crippen LogP contribution in [0.4, 0.5) is 11.5 Å². The maximum absolute atomic E-state index is 13.4. The Balaban J connectivity index is 1.38. The molecule has 1 aromatic carbocycles. The van der Waals surface area contributed by atoms with Crippen molar-refractivity contribution in [2.75, 3.05) is 25.0 Å². The summed E-state index contributed by atoms with van der Waals surface area (Å²) in [5.74, 6) is 0.735. The predicted molar refractivity (Wildman–Crippen MR) is 128 cm³/mol. The number of rotatable bonds is 4. The van der Waals surface area contributed by atoms with Crippen LogP contribution in [0.5, 0.6) is 0 Å². The number of morpholine rings is 1. The average molecular weight is 440 g/mol. The van der Waals surface area contributed by atoms with Crippen LogP contribution in [0.25, 0.3) is 10.9 Å². The first-order chi connectivity index (χ1) is 16.1. The maximum Gasteiger partial charge on any atom is 0.256 e. The molecule has 3 aromatic heterocycles. The number of amides is 1. The van der Waals surface area contributed by atoms with Crippen molar-refractivity contribution in [1.82, 2.24) is 19.9 Å². The second kappa shape index (κ2) is 8.96. The molecule has 0 aliphatic carbocycles. The smallest absolute Gasteiger partial charge is 0.256 e. The third-order valence-corrected chi connectivity index (χ3v) is 5.68. The molecule has 5 rings (SSSR count). The van der Waals surface area contributed by atoms with Gasteiger partial charge in [0, 0.05) is 35.2 Å². The fourth-order valence-corrected chi connectivity index (χ4v) is 4.15. The van der Waals surface area contributed by atoms with E-state index in [0.29, 0.717) is 25.3 Å². The molecule has 4 heterocycles. The Kier molecular flexibility index (Phi) is 5.71. The fourth-order valence-electron chi connectivity index (χ4n) is 4.15. The molecular formula is C26H25N5O2. The van der Waals surface area contributed by atoms with E-state index in [1.54, 1.807) is 6.20 Å². The van der Waals surface area contributed by atoms with Crippen molar-refractivity contribution in [2.45, 2.75) is 20.0 Å². The van der Waals surface area contributed by atoms with Gasteiger partial charge >= 0.3 is 0 Å². The summed E-state index contributed by atoms with van der Waals surface area (Å²) >= 11 is 0. The number of hydrogen-bond donors (Lipinski definition) is 1. The molecule has 1 atom stereocenters. The third kappa shape index (κ3) is 4.54. The number of benzene rings is 1. The monoisotopic (exact) mass is 439 g/mol. The van der Waals surface area contributed by atoms with Crippen LogP contribution in [0.1, 0.15) is 33.5 Å². The Morgan fingerprint density at radius 3 is 2.76 bits per heavy atom. The van der Waals surface area contributed by atoms with Crippen molar-refractivity contribution in [3.8, 4) is 0 Å². The Morgan fingerprint density at radius 2 is 1.88 bits per heavy atom. The predicted octanol–water partition coefficient (Wildman–Crippen LogP) is 4.60. The highest BCUT2D eigenvalue weighted by Gasteiger charge is 2.28. The van der Waals surface area contributed by atoms with E-state index in [9.17, 15) is 4.79 Å². The van der Waals surface area contributed by atoms with Crippen LogP contribution in [0.3, 0.4) is 0 Å². The van der Waals surface area contributed by atoms with E-state index in [4.69, 9.17) is 9.72 Å². The van der Waals surface area contributed by atoms with Gasteiger partial charge in [-0.2, -0.15) is 0 Å². The molecule has 33 heavy (non-hydrogen) atoms. The molecule has 0 saturated carbocycles. The van der Waals surface area contributed by atoms with Gasteiger partial charge in [-0.05, 0) is 50.2 Å². The van der Waals surface area contributed by atoms with Gasteiger partial charge in [-0.1, -0.05) is 24.3 Å². The second-order valence-electron chi connectivity index (χ2n) is 8.20. The molecule has 1 aliphatic heterocycles. The standard InChI is InChI=1S/C26H25N5O2/c1-17-6-3-10-24(29-17)30-20-14-18(2)28-22(15-20)23-16-31(12-13-33-23)26(32)21-9-4-7-19-8-5-11-27-25(19)21/h3-11,14-15,23H,12-13,16H2,1-2H3,(H,28,29,30). The van der Waals surface area contributed by atoms with E-state index in [1.807, 2.05) is 79.4 Å². The number of hydrogen-bond acceptors (Lipinski definition) is 6. The van der Waals surface area contributed by atoms with Crippen molar-refractivity contribution in [1.29, 1.82) is 0 Å². The number of pyridine rings is 3. The summed E-state index contributed by atoms with van der Waals surface area (Å²) in [6.45, 7) is 5.32. The number of anilines is 2. The van der Waals surface area contributed by atoms with Crippen LogP contribution in [-0.4, -0.2) is 45.5 Å². The summed E-state index contributed by atoms with van der Waals surface area (Å²) < 4.78 is 6.03. The number of para-hydroxylation sites is 1. The van der Waals surface area contributed by atoms with Crippen molar-refractivity contribution in [3.63, 3.8) is 0 Å². The Morgan fingerprint density at radius 1 is 1.03 bits per heavy atom. The van der Waals surface area contributed by atoms with Gasteiger partial charge in [0.15, 0.2) is 0 Å². The zero-order chi connectivity index (χ0) is 22.8. The Bertz CT molecular complexity index is 1320. The van der Waals surface area contributed by atoms with Crippen LogP contribution in [0.2, 0.25) is 0 Å². The number of ether oxygens (including phenoxy) is 1. The molecule has 1 unspecified atom stereocenters. The lowest BCUT2D eigenvalue weighted by molar-refractivity contribution is -0.0246. The number of aromatic nitrogens is 3. The van der Waals surface area contributed by atoms with E-state index in [0.717, 1.165) is 39.5 Å². The van der Waals surface area contributed by atoms with Crippen LogP contribution in [0.15, 0.2) is 66.9 Å². The number of nitrogens with one attached hydrogen (secondary N) is 1. The Hall–Kier alpha value is -3.84. The molecule has 166 valence electrons. The van der Waals surface area contributed by atoms with E-state index in [2.05, 4.69) is 15.3 Å². The minimum absolute atomic E-state index is 0.0393. The van der Waals surface area contributed by atoms with Crippen LogP contribution in [-0.2, 0) is 4.74 Å². The van der Waals surface area contributed by atoms with Crippen molar-refractivity contribution in [2.24, 2.45) is 0 Å². The molecule has 0 spiro atoms. The number of carbonyl (C=O) groups is 1. The average Bonchev–Trinajstić information content (AvgIpc) is 2.83. The summed E-state index contributed by atoms with van der Waals surface area (Å²) in [5.41, 5.74) is 4.82. The highest BCUT2D eigenvalue weighted by atomic mass is 16.5. The number of aryl methyl sites for hydroxylation is 2. The summed E-state index contributed by atoms with van der Waals surface area (Å²) in [6.07, 6.45) is 1.41. The first-order valence-corrected chi connectivity index (χ1v) is 11.0. The van der Waals surface area contributed by atoms with E-state index >= 15 is 0 Å². The van der Waals surface area contributed by atoms with Gasteiger partial charge in [0.05, 0.1) is 29.9 Å². The number of carbonyl (C=O) groups excluding carboxylic acids is 1. The van der Waals surface area contributed by atoms with Gasteiger partial charge in [0.1, 0.15) is 11.9 Å². The van der Waals surface area contributed by atoms with E-state index in [-0.39, 0.29) is 12.0 Å².